The van der Waals surface area contributed by atoms with Crippen LogP contribution in [-0.2, 0) is 13.0 Å². The smallest absolute Gasteiger partial charge is 0.0824 e. The van der Waals surface area contributed by atoms with Gasteiger partial charge >= 0.3 is 0 Å². The van der Waals surface area contributed by atoms with Crippen molar-refractivity contribution < 1.29 is 5.11 Å². The number of allylic oxidation sites excluding steroid dienone is 2. The molecule has 0 radical (unpaired) electrons. The summed E-state index contributed by atoms with van der Waals surface area (Å²) in [7, 11) is 0. The second-order valence-corrected chi connectivity index (χ2v) is 10.2. The summed E-state index contributed by atoms with van der Waals surface area (Å²) >= 11 is 0. The number of aliphatic hydroxyl groups is 1. The van der Waals surface area contributed by atoms with E-state index in [2.05, 4.69) is 36.4 Å². The summed E-state index contributed by atoms with van der Waals surface area (Å²) in [5.74, 6) is 4.12. The van der Waals surface area contributed by atoms with Gasteiger partial charge in [-0.3, -0.25) is 4.68 Å². The summed E-state index contributed by atoms with van der Waals surface area (Å²) in [4.78, 5) is 0. The quantitative estimate of drug-likeness (QED) is 0.761. The Kier molecular flexibility index (Phi) is 4.89. The standard InChI is InChI=1S/C24H37N3O/c1-3-18-15-27(26-25-18)14-16(2)24(28)13-12-22-21-9-8-17-6-4-5-7-19(17)20(21)10-11-23(22)24/h6,15-16,19-23,28H,3-5,7-14H2,1-2H3. The first-order chi connectivity index (χ1) is 13.6. The third kappa shape index (κ3) is 2.98. The molecule has 3 fully saturated rings. The molecule has 0 amide bonds. The predicted octanol–water partition coefficient (Wildman–Crippen LogP) is 4.78. The van der Waals surface area contributed by atoms with Crippen LogP contribution in [0.4, 0.5) is 0 Å². The second kappa shape index (κ2) is 7.27. The molecule has 3 saturated carbocycles. The number of aromatic nitrogens is 3. The normalized spacial score (nSPS) is 41.0. The largest absolute Gasteiger partial charge is 0.389 e. The minimum atomic E-state index is -0.517. The van der Waals surface area contributed by atoms with E-state index >= 15 is 0 Å². The van der Waals surface area contributed by atoms with E-state index in [0.717, 1.165) is 48.8 Å². The number of hydrogen-bond donors (Lipinski definition) is 1. The zero-order valence-corrected chi connectivity index (χ0v) is 17.7. The SMILES string of the molecule is CCc1cn(CC(C)C2(O)CCC3C4CCC5=CCCCC5C4CCC32)nn1. The third-order valence-electron chi connectivity index (χ3n) is 9.10. The molecule has 4 heteroatoms. The lowest BCUT2D eigenvalue weighted by Gasteiger charge is -2.51. The maximum atomic E-state index is 11.8. The van der Waals surface area contributed by atoms with Gasteiger partial charge in [-0.2, -0.15) is 0 Å². The van der Waals surface area contributed by atoms with Gasteiger partial charge in [0.25, 0.3) is 0 Å². The van der Waals surface area contributed by atoms with Crippen LogP contribution in [0.15, 0.2) is 17.8 Å². The molecule has 1 heterocycles. The van der Waals surface area contributed by atoms with Crippen molar-refractivity contribution in [1.82, 2.24) is 15.0 Å². The molecule has 0 spiro atoms. The van der Waals surface area contributed by atoms with Crippen molar-refractivity contribution in [1.29, 1.82) is 0 Å². The van der Waals surface area contributed by atoms with Crippen molar-refractivity contribution in [3.8, 4) is 0 Å². The van der Waals surface area contributed by atoms with Gasteiger partial charge in [0.15, 0.2) is 0 Å². The van der Waals surface area contributed by atoms with Gasteiger partial charge in [0.2, 0.25) is 0 Å². The first-order valence-corrected chi connectivity index (χ1v) is 11.9. The lowest BCUT2D eigenvalue weighted by Crippen LogP contribution is -2.49. The van der Waals surface area contributed by atoms with Gasteiger partial charge in [-0.15, -0.1) is 5.10 Å². The number of fused-ring (bicyclic) bond motifs is 5. The van der Waals surface area contributed by atoms with E-state index in [4.69, 9.17) is 0 Å². The van der Waals surface area contributed by atoms with Crippen LogP contribution in [0.1, 0.15) is 77.3 Å². The maximum absolute atomic E-state index is 11.8. The van der Waals surface area contributed by atoms with Crippen molar-refractivity contribution in [3.63, 3.8) is 0 Å². The Labute approximate surface area is 169 Å². The summed E-state index contributed by atoms with van der Waals surface area (Å²) in [6, 6.07) is 0. The number of nitrogens with zero attached hydrogens (tertiary/aromatic N) is 3. The number of aryl methyl sites for hydroxylation is 1. The van der Waals surface area contributed by atoms with Gasteiger partial charge < -0.3 is 5.11 Å². The molecule has 0 bridgehead atoms. The molecule has 154 valence electrons. The van der Waals surface area contributed by atoms with Crippen LogP contribution in [-0.4, -0.2) is 25.7 Å². The van der Waals surface area contributed by atoms with Gasteiger partial charge in [-0.25, -0.2) is 0 Å². The number of hydrogen-bond acceptors (Lipinski definition) is 3. The molecule has 1 aromatic heterocycles. The summed E-state index contributed by atoms with van der Waals surface area (Å²) < 4.78 is 1.96. The second-order valence-electron chi connectivity index (χ2n) is 10.2. The van der Waals surface area contributed by atoms with Crippen molar-refractivity contribution in [2.75, 3.05) is 0 Å². The van der Waals surface area contributed by atoms with Crippen molar-refractivity contribution in [3.05, 3.63) is 23.5 Å². The highest BCUT2D eigenvalue weighted by molar-refractivity contribution is 5.18. The molecule has 1 N–H and O–H groups in total. The van der Waals surface area contributed by atoms with Crippen LogP contribution in [0, 0.1) is 35.5 Å². The molecule has 4 aliphatic carbocycles. The molecular weight excluding hydrogens is 346 g/mol. The first kappa shape index (κ1) is 18.8. The van der Waals surface area contributed by atoms with E-state index in [1.807, 2.05) is 4.68 Å². The van der Waals surface area contributed by atoms with Crippen molar-refractivity contribution in [2.24, 2.45) is 35.5 Å². The van der Waals surface area contributed by atoms with Gasteiger partial charge in [0, 0.05) is 18.7 Å². The Hall–Kier alpha value is -1.16. The highest BCUT2D eigenvalue weighted by Crippen LogP contribution is 2.60. The molecule has 5 rings (SSSR count). The first-order valence-electron chi connectivity index (χ1n) is 11.9. The minimum Gasteiger partial charge on any atom is -0.389 e. The zero-order valence-electron chi connectivity index (χ0n) is 17.7. The van der Waals surface area contributed by atoms with Crippen molar-refractivity contribution >= 4 is 0 Å². The summed E-state index contributed by atoms with van der Waals surface area (Å²) in [5.41, 5.74) is 2.32. The lowest BCUT2D eigenvalue weighted by atomic mass is 9.55. The maximum Gasteiger partial charge on any atom is 0.0824 e. The Bertz CT molecular complexity index is 740. The van der Waals surface area contributed by atoms with Crippen LogP contribution < -0.4 is 0 Å². The zero-order chi connectivity index (χ0) is 19.3. The third-order valence-corrected chi connectivity index (χ3v) is 9.10. The minimum absolute atomic E-state index is 0.235. The van der Waals surface area contributed by atoms with Crippen LogP contribution >= 0.6 is 0 Å². The summed E-state index contributed by atoms with van der Waals surface area (Å²) in [5, 5.41) is 20.4. The Morgan fingerprint density at radius 3 is 2.89 bits per heavy atom. The molecule has 4 aliphatic rings. The molecule has 7 unspecified atom stereocenters. The molecule has 1 aromatic rings. The fourth-order valence-electron chi connectivity index (χ4n) is 7.68. The van der Waals surface area contributed by atoms with Gasteiger partial charge in [-0.1, -0.05) is 30.7 Å². The molecule has 7 atom stereocenters. The monoisotopic (exact) mass is 383 g/mol. The molecule has 4 nitrogen and oxygen atoms in total. The summed E-state index contributed by atoms with van der Waals surface area (Å²) in [6.45, 7) is 5.14. The van der Waals surface area contributed by atoms with Gasteiger partial charge in [0.05, 0.1) is 11.3 Å². The van der Waals surface area contributed by atoms with E-state index in [0.29, 0.717) is 5.92 Å². The average molecular weight is 384 g/mol. The Balaban J connectivity index is 1.32. The van der Waals surface area contributed by atoms with Gasteiger partial charge in [-0.05, 0) is 93.8 Å². The van der Waals surface area contributed by atoms with Crippen LogP contribution in [0.25, 0.3) is 0 Å². The van der Waals surface area contributed by atoms with Crippen LogP contribution in [0.2, 0.25) is 0 Å². The number of rotatable bonds is 4. The van der Waals surface area contributed by atoms with Crippen molar-refractivity contribution in [2.45, 2.75) is 90.2 Å². The molecule has 0 aromatic carbocycles. The molecular formula is C24H37N3O. The Morgan fingerprint density at radius 1 is 1.18 bits per heavy atom. The molecule has 0 saturated heterocycles. The highest BCUT2D eigenvalue weighted by Gasteiger charge is 2.56. The van der Waals surface area contributed by atoms with E-state index in [1.165, 1.54) is 51.4 Å². The van der Waals surface area contributed by atoms with Gasteiger partial charge in [0.1, 0.15) is 0 Å². The fourth-order valence-corrected chi connectivity index (χ4v) is 7.68. The average Bonchev–Trinajstić information content (AvgIpc) is 3.32. The van der Waals surface area contributed by atoms with E-state index in [9.17, 15) is 5.11 Å². The fraction of sp³-hybridized carbons (Fsp3) is 0.833. The van der Waals surface area contributed by atoms with E-state index < -0.39 is 5.60 Å². The summed E-state index contributed by atoms with van der Waals surface area (Å²) in [6.07, 6.45) is 17.2. The van der Waals surface area contributed by atoms with Crippen LogP contribution in [0.5, 0.6) is 0 Å². The molecule has 28 heavy (non-hydrogen) atoms. The van der Waals surface area contributed by atoms with Crippen LogP contribution in [0.3, 0.4) is 0 Å². The molecule has 0 aliphatic heterocycles. The van der Waals surface area contributed by atoms with E-state index in [1.54, 1.807) is 5.57 Å². The topological polar surface area (TPSA) is 50.9 Å². The Morgan fingerprint density at radius 2 is 2.07 bits per heavy atom. The van der Waals surface area contributed by atoms with E-state index in [-0.39, 0.29) is 5.92 Å². The predicted molar refractivity (Wildman–Crippen MR) is 111 cm³/mol. The highest BCUT2D eigenvalue weighted by atomic mass is 16.3. The lowest BCUT2D eigenvalue weighted by molar-refractivity contribution is -0.0894.